The number of aryl methyl sites for hydroxylation is 14. The Morgan fingerprint density at radius 2 is 0.333 bits per heavy atom. The molecule has 0 aromatic heterocycles. The molecule has 0 spiro atoms. The van der Waals surface area contributed by atoms with Crippen molar-refractivity contribution in [3.8, 4) is 0 Å². The van der Waals surface area contributed by atoms with E-state index in [2.05, 4.69) is 138 Å². The fourth-order valence-electron chi connectivity index (χ4n) is 19.2. The lowest BCUT2D eigenvalue weighted by molar-refractivity contribution is 0.342. The van der Waals surface area contributed by atoms with Crippen molar-refractivity contribution in [2.75, 3.05) is 0 Å². The van der Waals surface area contributed by atoms with Gasteiger partial charge in [-0.15, -0.1) is 0 Å². The maximum atomic E-state index is 2.62. The Hall–Kier alpha value is -5.98. The summed E-state index contributed by atoms with van der Waals surface area (Å²) >= 11 is 0. The molecule has 0 nitrogen and oxygen atoms in total. The van der Waals surface area contributed by atoms with Gasteiger partial charge in [-0.25, -0.2) is 0 Å². The van der Waals surface area contributed by atoms with E-state index in [1.165, 1.54) is 175 Å². The fourth-order valence-corrected chi connectivity index (χ4v) is 19.2. The van der Waals surface area contributed by atoms with Gasteiger partial charge in [-0.05, 0) is 379 Å². The van der Waals surface area contributed by atoms with E-state index in [0.29, 0.717) is 0 Å². The Morgan fingerprint density at radius 3 is 0.638 bits per heavy atom. The van der Waals surface area contributed by atoms with Gasteiger partial charge in [0.1, 0.15) is 0 Å². The third-order valence-electron chi connectivity index (χ3n) is 21.5. The standard InChI is InChI=1S/C69H62/c1-22-24(3)38-30(9)42-28(7)29(8)43-33(12)45-35(14)44-31(10)39-25(4)23(2)27(6)41-34(13)47-37(16)66-65-64-56(47)59(50(39)41)53(44)61-54(45)60-52(43)51(42)58-49(38)40(26(22)5)32(11)46-36(15)48(57(63(61)64)62(60)55(46)58)67(65)69(19,20)21-68(66,17)18/h21H2,1-20H3. The summed E-state index contributed by atoms with van der Waals surface area (Å²) in [7, 11) is 0. The smallest absolute Gasteiger partial charge is 0.0000487 e. The van der Waals surface area contributed by atoms with E-state index in [-0.39, 0.29) is 10.8 Å². The van der Waals surface area contributed by atoms with Gasteiger partial charge in [0.15, 0.2) is 0 Å². The third-order valence-corrected chi connectivity index (χ3v) is 21.5. The van der Waals surface area contributed by atoms with E-state index in [4.69, 9.17) is 0 Å². The molecule has 0 atom stereocenters. The van der Waals surface area contributed by atoms with Crippen molar-refractivity contribution in [1.29, 1.82) is 0 Å². The van der Waals surface area contributed by atoms with Gasteiger partial charge in [-0.1, -0.05) is 27.7 Å². The van der Waals surface area contributed by atoms with Gasteiger partial charge in [0.05, 0.1) is 0 Å². The van der Waals surface area contributed by atoms with E-state index in [1.54, 1.807) is 75.8 Å². The lowest BCUT2D eigenvalue weighted by atomic mass is 9.57. The molecule has 16 rings (SSSR count). The summed E-state index contributed by atoms with van der Waals surface area (Å²) in [5.41, 5.74) is 26.6. The Labute approximate surface area is 404 Å². The highest BCUT2D eigenvalue weighted by molar-refractivity contribution is 6.61. The number of rotatable bonds is 0. The van der Waals surface area contributed by atoms with Crippen molar-refractivity contribution in [2.45, 2.75) is 156 Å². The highest BCUT2D eigenvalue weighted by Crippen LogP contribution is 2.67. The minimum absolute atomic E-state index is 0.0256. The zero-order chi connectivity index (χ0) is 48.3. The monoisotopic (exact) mass is 890 g/mol. The quantitative estimate of drug-likeness (QED) is 0.105. The molecule has 0 N–H and O–H groups in total. The average Bonchev–Trinajstić information content (AvgIpc) is 3.27. The highest BCUT2D eigenvalue weighted by atomic mass is 14.5. The zero-order valence-electron chi connectivity index (χ0n) is 44.7. The van der Waals surface area contributed by atoms with Crippen LogP contribution in [-0.4, -0.2) is 0 Å². The topological polar surface area (TPSA) is 0 Å². The molecular formula is C69H62. The largest absolute Gasteiger partial charge is 0.0557 e. The Balaban J connectivity index is 1.44. The van der Waals surface area contributed by atoms with Gasteiger partial charge in [0.25, 0.3) is 0 Å². The van der Waals surface area contributed by atoms with E-state index in [9.17, 15) is 0 Å². The van der Waals surface area contributed by atoms with Gasteiger partial charge in [-0.3, -0.25) is 0 Å². The van der Waals surface area contributed by atoms with Crippen LogP contribution in [0.5, 0.6) is 0 Å². The molecule has 0 heteroatoms. The molecule has 0 aliphatic heterocycles. The number of fused-ring (bicyclic) bond motifs is 1. The number of hydrogen-bond acceptors (Lipinski definition) is 0. The van der Waals surface area contributed by atoms with Crippen molar-refractivity contribution in [3.05, 3.63) is 100 Å². The van der Waals surface area contributed by atoms with Gasteiger partial charge in [0.2, 0.25) is 0 Å². The second kappa shape index (κ2) is 11.0. The van der Waals surface area contributed by atoms with Gasteiger partial charge >= 0.3 is 0 Å². The molecule has 0 fully saturated rings. The van der Waals surface area contributed by atoms with Crippen LogP contribution in [0, 0.1) is 111 Å². The molecule has 0 radical (unpaired) electrons. The number of benzene rings is 15. The Kier molecular flexibility index (Phi) is 6.34. The molecule has 0 saturated carbocycles. The maximum Gasteiger partial charge on any atom is -0.0000487 e. The Morgan fingerprint density at radius 1 is 0.159 bits per heavy atom. The van der Waals surface area contributed by atoms with Crippen LogP contribution in [0.2, 0.25) is 0 Å². The molecule has 0 saturated heterocycles. The van der Waals surface area contributed by atoms with Crippen molar-refractivity contribution < 1.29 is 0 Å². The summed E-state index contributed by atoms with van der Waals surface area (Å²) in [5, 5.41) is 42.9. The molecule has 0 unspecified atom stereocenters. The molecule has 1 aliphatic rings. The van der Waals surface area contributed by atoms with E-state index in [1.807, 2.05) is 0 Å². The SMILES string of the molecule is Cc1c(C)c2c(C)c3c(C)c4c5c(c6c(C)c7c(C)c8c(C)c(C)c(C)c9c(C)c%10c(C)c(C)c%11c(C)c%12c(C)c%13c(C)c(c1C)c2c1c3c5c2c6c3c7c(c98)c%10c%11c3c%12c2c%131)C(C)(C)CC4(C)C. The van der Waals surface area contributed by atoms with Crippen LogP contribution in [0.3, 0.4) is 0 Å². The molecule has 0 amide bonds. The summed E-state index contributed by atoms with van der Waals surface area (Å²) in [6, 6.07) is 0. The van der Waals surface area contributed by atoms with Crippen LogP contribution in [0.4, 0.5) is 0 Å². The predicted octanol–water partition coefficient (Wildman–Crippen LogP) is 20.2. The van der Waals surface area contributed by atoms with E-state index in [0.717, 1.165) is 6.42 Å². The first-order valence-electron chi connectivity index (χ1n) is 26.2. The van der Waals surface area contributed by atoms with Crippen molar-refractivity contribution in [1.82, 2.24) is 0 Å². The summed E-state index contributed by atoms with van der Waals surface area (Å²) in [5.74, 6) is 0. The summed E-state index contributed by atoms with van der Waals surface area (Å²) < 4.78 is 0. The molecular weight excluding hydrogens is 829 g/mol. The summed E-state index contributed by atoms with van der Waals surface area (Å²) in [4.78, 5) is 0. The minimum Gasteiger partial charge on any atom is -0.0557 e. The lowest BCUT2D eigenvalue weighted by Crippen LogP contribution is -2.36. The van der Waals surface area contributed by atoms with Crippen LogP contribution in [0.1, 0.15) is 134 Å². The van der Waals surface area contributed by atoms with Gasteiger partial charge in [-0.2, -0.15) is 0 Å². The molecule has 15 aromatic rings. The summed E-state index contributed by atoms with van der Waals surface area (Å²) in [6.45, 7) is 50.0. The van der Waals surface area contributed by atoms with Crippen molar-refractivity contribution >= 4 is 151 Å². The molecule has 338 valence electrons. The first kappa shape index (κ1) is 39.8. The average molecular weight is 891 g/mol. The van der Waals surface area contributed by atoms with Crippen molar-refractivity contribution in [2.24, 2.45) is 0 Å². The third kappa shape index (κ3) is 3.52. The van der Waals surface area contributed by atoms with Crippen LogP contribution >= 0.6 is 0 Å². The van der Waals surface area contributed by atoms with Crippen LogP contribution < -0.4 is 0 Å². The molecule has 0 bridgehead atoms. The van der Waals surface area contributed by atoms with E-state index >= 15 is 0 Å². The Bertz CT molecular complexity index is 5030. The number of hydrogen-bond donors (Lipinski definition) is 0. The maximum absolute atomic E-state index is 2.62. The normalized spacial score (nSPS) is 16.0. The van der Waals surface area contributed by atoms with Crippen LogP contribution in [0.25, 0.3) is 151 Å². The second-order valence-corrected chi connectivity index (χ2v) is 25.2. The van der Waals surface area contributed by atoms with Crippen molar-refractivity contribution in [3.63, 3.8) is 0 Å². The zero-order valence-corrected chi connectivity index (χ0v) is 44.7. The van der Waals surface area contributed by atoms with Gasteiger partial charge < -0.3 is 0 Å². The molecule has 0 heterocycles. The van der Waals surface area contributed by atoms with Crippen LogP contribution in [-0.2, 0) is 10.8 Å². The van der Waals surface area contributed by atoms with E-state index < -0.39 is 0 Å². The second-order valence-electron chi connectivity index (χ2n) is 25.2. The van der Waals surface area contributed by atoms with Gasteiger partial charge in [0, 0.05) is 0 Å². The molecule has 1 aliphatic carbocycles. The molecule has 15 aromatic carbocycles. The summed E-state index contributed by atoms with van der Waals surface area (Å²) in [6.07, 6.45) is 1.11. The lowest BCUT2D eigenvalue weighted by Gasteiger charge is -2.46. The van der Waals surface area contributed by atoms with Crippen LogP contribution in [0.15, 0.2) is 0 Å². The highest BCUT2D eigenvalue weighted by Gasteiger charge is 2.46. The predicted molar refractivity (Wildman–Crippen MR) is 307 cm³/mol. The molecule has 69 heavy (non-hydrogen) atoms. The first-order chi connectivity index (χ1) is 32.5. The minimum atomic E-state index is -0.0739. The fraction of sp³-hybridized carbons (Fsp3) is 0.333. The first-order valence-corrected chi connectivity index (χ1v) is 26.2.